The zero-order valence-electron chi connectivity index (χ0n) is 14.1. The maximum absolute atomic E-state index is 12.5. The van der Waals surface area contributed by atoms with Gasteiger partial charge in [-0.25, -0.2) is 4.98 Å². The van der Waals surface area contributed by atoms with Gasteiger partial charge in [-0.05, 0) is 37.5 Å². The van der Waals surface area contributed by atoms with Gasteiger partial charge in [-0.2, -0.15) is 0 Å². The van der Waals surface area contributed by atoms with Gasteiger partial charge in [-0.3, -0.25) is 9.59 Å². The van der Waals surface area contributed by atoms with Crippen LogP contribution in [0, 0.1) is 6.92 Å². The van der Waals surface area contributed by atoms with Crippen molar-refractivity contribution in [3.8, 4) is 0 Å². The predicted octanol–water partition coefficient (Wildman–Crippen LogP) is 2.93. The normalized spacial score (nSPS) is 15.5. The number of nitrogens with one attached hydrogen (secondary N) is 2. The first-order valence-electron chi connectivity index (χ1n) is 8.05. The van der Waals surface area contributed by atoms with Crippen LogP contribution in [0.5, 0.6) is 0 Å². The van der Waals surface area contributed by atoms with Crippen LogP contribution in [0.1, 0.15) is 42.1 Å². The number of hydrogen-bond acceptors (Lipinski definition) is 4. The molecule has 0 aliphatic carbocycles. The molecule has 1 aliphatic rings. The molecule has 0 saturated heterocycles. The monoisotopic (exact) mass is 343 g/mol. The third-order valence-electron chi connectivity index (χ3n) is 4.38. The highest BCUT2D eigenvalue weighted by Gasteiger charge is 2.29. The zero-order valence-corrected chi connectivity index (χ0v) is 14.9. The molecule has 5 nitrogen and oxygen atoms in total. The molecule has 0 unspecified atom stereocenters. The van der Waals surface area contributed by atoms with E-state index >= 15 is 0 Å². The van der Waals surface area contributed by atoms with E-state index in [-0.39, 0.29) is 18.2 Å². The summed E-state index contributed by atoms with van der Waals surface area (Å²) in [5.41, 5.74) is 3.21. The van der Waals surface area contributed by atoms with Crippen molar-refractivity contribution in [3.63, 3.8) is 0 Å². The van der Waals surface area contributed by atoms with E-state index in [9.17, 15) is 9.59 Å². The second-order valence-corrected chi connectivity index (χ2v) is 7.28. The smallest absolute Gasteiger partial charge is 0.228 e. The molecule has 0 bridgehead atoms. The SMILES string of the molecule is CC[C@](C)(NC(=O)Cc1ccc2c(c1)NC(=O)C2)c1nc(C)cs1. The Morgan fingerprint density at radius 3 is 2.92 bits per heavy atom. The predicted molar refractivity (Wildman–Crippen MR) is 95.1 cm³/mol. The first-order chi connectivity index (χ1) is 11.4. The number of nitrogens with zero attached hydrogens (tertiary/aromatic N) is 1. The van der Waals surface area contributed by atoms with Crippen LogP contribution in [0.25, 0.3) is 0 Å². The first kappa shape index (κ1) is 16.6. The number of rotatable bonds is 5. The van der Waals surface area contributed by atoms with Crippen LogP contribution in [0.15, 0.2) is 23.6 Å². The summed E-state index contributed by atoms with van der Waals surface area (Å²) in [6.45, 7) is 6.00. The summed E-state index contributed by atoms with van der Waals surface area (Å²) in [5.74, 6) is -0.0409. The highest BCUT2D eigenvalue weighted by Crippen LogP contribution is 2.28. The van der Waals surface area contributed by atoms with Crippen molar-refractivity contribution in [3.05, 3.63) is 45.4 Å². The van der Waals surface area contributed by atoms with Crippen LogP contribution >= 0.6 is 11.3 Å². The highest BCUT2D eigenvalue weighted by atomic mass is 32.1. The number of thiazole rings is 1. The number of hydrogen-bond donors (Lipinski definition) is 2. The Kier molecular flexibility index (Phi) is 4.41. The van der Waals surface area contributed by atoms with Gasteiger partial charge in [0.1, 0.15) is 5.01 Å². The van der Waals surface area contributed by atoms with Gasteiger partial charge >= 0.3 is 0 Å². The molecule has 2 heterocycles. The Morgan fingerprint density at radius 2 is 2.25 bits per heavy atom. The minimum Gasteiger partial charge on any atom is -0.344 e. The fourth-order valence-electron chi connectivity index (χ4n) is 2.81. The molecule has 0 saturated carbocycles. The Balaban J connectivity index is 1.71. The molecule has 0 radical (unpaired) electrons. The summed E-state index contributed by atoms with van der Waals surface area (Å²) >= 11 is 1.57. The quantitative estimate of drug-likeness (QED) is 0.877. The molecule has 126 valence electrons. The molecule has 1 aromatic carbocycles. The van der Waals surface area contributed by atoms with Gasteiger partial charge in [0.25, 0.3) is 0 Å². The van der Waals surface area contributed by atoms with Crippen molar-refractivity contribution < 1.29 is 9.59 Å². The van der Waals surface area contributed by atoms with Crippen LogP contribution in [-0.4, -0.2) is 16.8 Å². The Bertz CT molecular complexity index is 799. The number of aryl methyl sites for hydroxylation is 1. The number of aromatic nitrogens is 1. The lowest BCUT2D eigenvalue weighted by atomic mass is 9.98. The van der Waals surface area contributed by atoms with Crippen molar-refractivity contribution in [2.75, 3.05) is 5.32 Å². The molecule has 3 rings (SSSR count). The van der Waals surface area contributed by atoms with E-state index in [1.54, 1.807) is 11.3 Å². The number of benzene rings is 1. The number of carbonyl (C=O) groups excluding carboxylic acids is 2. The van der Waals surface area contributed by atoms with E-state index in [2.05, 4.69) is 15.6 Å². The van der Waals surface area contributed by atoms with Gasteiger partial charge in [0.2, 0.25) is 11.8 Å². The molecular formula is C18H21N3O2S. The number of amides is 2. The van der Waals surface area contributed by atoms with Gasteiger partial charge in [-0.1, -0.05) is 19.1 Å². The van der Waals surface area contributed by atoms with E-state index in [1.807, 2.05) is 44.4 Å². The number of fused-ring (bicyclic) bond motifs is 1. The second-order valence-electron chi connectivity index (χ2n) is 6.42. The lowest BCUT2D eigenvalue weighted by Gasteiger charge is -2.27. The van der Waals surface area contributed by atoms with Gasteiger partial charge < -0.3 is 10.6 Å². The fourth-order valence-corrected chi connectivity index (χ4v) is 3.80. The first-order valence-corrected chi connectivity index (χ1v) is 8.93. The maximum Gasteiger partial charge on any atom is 0.228 e. The Morgan fingerprint density at radius 1 is 1.46 bits per heavy atom. The van der Waals surface area contributed by atoms with Crippen molar-refractivity contribution >= 4 is 28.8 Å². The molecule has 0 fully saturated rings. The maximum atomic E-state index is 12.5. The Hall–Kier alpha value is -2.21. The summed E-state index contributed by atoms with van der Waals surface area (Å²) in [6.07, 6.45) is 1.47. The van der Waals surface area contributed by atoms with Gasteiger partial charge in [-0.15, -0.1) is 11.3 Å². The minimum absolute atomic E-state index is 0.00398. The summed E-state index contributed by atoms with van der Waals surface area (Å²) in [6, 6.07) is 5.71. The van der Waals surface area contributed by atoms with Crippen molar-refractivity contribution in [2.24, 2.45) is 0 Å². The molecule has 1 atom stereocenters. The van der Waals surface area contributed by atoms with E-state index in [0.29, 0.717) is 6.42 Å². The van der Waals surface area contributed by atoms with E-state index in [4.69, 9.17) is 0 Å². The molecule has 0 spiro atoms. The lowest BCUT2D eigenvalue weighted by molar-refractivity contribution is -0.122. The van der Waals surface area contributed by atoms with Crippen LogP contribution in [-0.2, 0) is 28.0 Å². The van der Waals surface area contributed by atoms with E-state index in [1.165, 1.54) is 0 Å². The minimum atomic E-state index is -0.457. The van der Waals surface area contributed by atoms with Gasteiger partial charge in [0, 0.05) is 16.8 Å². The van der Waals surface area contributed by atoms with Crippen molar-refractivity contribution in [1.82, 2.24) is 10.3 Å². The third-order valence-corrected chi connectivity index (χ3v) is 5.60. The van der Waals surface area contributed by atoms with Crippen molar-refractivity contribution in [2.45, 2.75) is 45.6 Å². The molecule has 2 amide bonds. The van der Waals surface area contributed by atoms with Crippen LogP contribution < -0.4 is 10.6 Å². The molecule has 6 heteroatoms. The fraction of sp³-hybridized carbons (Fsp3) is 0.389. The number of carbonyl (C=O) groups is 2. The van der Waals surface area contributed by atoms with Crippen LogP contribution in [0.4, 0.5) is 5.69 Å². The standard InChI is InChI=1S/C18H21N3O2S/c1-4-18(3,17-19-11(2)10-24-17)21-16(23)8-12-5-6-13-9-15(22)20-14(13)7-12/h5-7,10H,4,8-9H2,1-3H3,(H,20,22)(H,21,23)/t18-/m0/s1. The number of anilines is 1. The van der Waals surface area contributed by atoms with Crippen LogP contribution in [0.3, 0.4) is 0 Å². The molecule has 1 aliphatic heterocycles. The molecule has 2 N–H and O–H groups in total. The highest BCUT2D eigenvalue weighted by molar-refractivity contribution is 7.09. The average Bonchev–Trinajstić information content (AvgIpc) is 3.11. The summed E-state index contributed by atoms with van der Waals surface area (Å²) < 4.78 is 0. The van der Waals surface area contributed by atoms with Gasteiger partial charge in [0.15, 0.2) is 0 Å². The summed E-state index contributed by atoms with van der Waals surface area (Å²) in [7, 11) is 0. The zero-order chi connectivity index (χ0) is 17.3. The molecular weight excluding hydrogens is 322 g/mol. The third kappa shape index (κ3) is 3.33. The largest absolute Gasteiger partial charge is 0.344 e. The average molecular weight is 343 g/mol. The lowest BCUT2D eigenvalue weighted by Crippen LogP contribution is -2.43. The van der Waals surface area contributed by atoms with Gasteiger partial charge in [0.05, 0.1) is 18.4 Å². The summed E-state index contributed by atoms with van der Waals surface area (Å²) in [4.78, 5) is 28.5. The second kappa shape index (κ2) is 6.36. The summed E-state index contributed by atoms with van der Waals surface area (Å²) in [5, 5.41) is 8.87. The molecule has 1 aromatic heterocycles. The van der Waals surface area contributed by atoms with Crippen LogP contribution in [0.2, 0.25) is 0 Å². The molecule has 2 aromatic rings. The van der Waals surface area contributed by atoms with E-state index < -0.39 is 5.54 Å². The topological polar surface area (TPSA) is 71.1 Å². The molecule has 24 heavy (non-hydrogen) atoms. The van der Waals surface area contributed by atoms with Crippen molar-refractivity contribution in [1.29, 1.82) is 0 Å². The van der Waals surface area contributed by atoms with E-state index in [0.717, 1.165) is 33.9 Å². The Labute approximate surface area is 145 Å².